The fourth-order valence-electron chi connectivity index (χ4n) is 1.51. The van der Waals surface area contributed by atoms with Gasteiger partial charge in [0.15, 0.2) is 0 Å². The first-order valence-electron chi connectivity index (χ1n) is 4.70. The van der Waals surface area contributed by atoms with Crippen LogP contribution in [0, 0.1) is 0 Å². The molecule has 0 saturated carbocycles. The molecule has 1 aromatic carbocycles. The van der Waals surface area contributed by atoms with Crippen molar-refractivity contribution in [1.82, 2.24) is 9.71 Å². The topological polar surface area (TPSA) is 27.1 Å². The van der Waals surface area contributed by atoms with E-state index in [1.807, 2.05) is 13.0 Å². The number of rotatable bonds is 2. The molecule has 0 radical (unpaired) electrons. The molecule has 6 heteroatoms. The summed E-state index contributed by atoms with van der Waals surface area (Å²) >= 11 is 17.7. The van der Waals surface area contributed by atoms with Gasteiger partial charge in [0.25, 0.3) is 0 Å². The van der Waals surface area contributed by atoms with Crippen LogP contribution in [-0.4, -0.2) is 16.3 Å². The number of imidazole rings is 1. The average Bonchev–Trinajstić information content (AvgIpc) is 2.61. The van der Waals surface area contributed by atoms with E-state index in [2.05, 4.69) is 4.98 Å². The lowest BCUT2D eigenvalue weighted by atomic mass is 10.2. The van der Waals surface area contributed by atoms with E-state index in [0.29, 0.717) is 17.7 Å². The summed E-state index contributed by atoms with van der Waals surface area (Å²) in [6.45, 7) is 2.39. The van der Waals surface area contributed by atoms with Gasteiger partial charge in [-0.15, -0.1) is 0 Å². The Morgan fingerprint density at radius 3 is 2.75 bits per heavy atom. The highest BCUT2D eigenvalue weighted by atomic mass is 35.6. The van der Waals surface area contributed by atoms with E-state index in [1.54, 1.807) is 18.5 Å². The lowest BCUT2D eigenvalue weighted by Gasteiger charge is -2.14. The molecule has 0 aliphatic rings. The molecule has 0 unspecified atom stereocenters. The van der Waals surface area contributed by atoms with Crippen LogP contribution in [0.25, 0.3) is 11.0 Å². The maximum absolute atomic E-state index is 5.90. The highest BCUT2D eigenvalue weighted by Gasteiger charge is 2.27. The normalized spacial score (nSPS) is 12.0. The Hall–Kier alpha value is -0.640. The summed E-state index contributed by atoms with van der Waals surface area (Å²) in [5, 5.41) is 0. The van der Waals surface area contributed by atoms with Crippen molar-refractivity contribution in [2.45, 2.75) is 10.7 Å². The van der Waals surface area contributed by atoms with E-state index in [1.165, 1.54) is 4.73 Å². The summed E-state index contributed by atoms with van der Waals surface area (Å²) in [6, 6.07) is 5.38. The van der Waals surface area contributed by atoms with Crippen molar-refractivity contribution in [1.29, 1.82) is 0 Å². The molecule has 1 aromatic heterocycles. The smallest absolute Gasteiger partial charge is 0.218 e. The summed E-state index contributed by atoms with van der Waals surface area (Å²) in [5.41, 5.74) is 1.97. The van der Waals surface area contributed by atoms with Crippen LogP contribution in [0.2, 0.25) is 0 Å². The molecule has 2 rings (SSSR count). The van der Waals surface area contributed by atoms with Gasteiger partial charge in [-0.2, -0.15) is 4.73 Å². The minimum Gasteiger partial charge on any atom is -0.413 e. The second kappa shape index (κ2) is 4.32. The number of alkyl halides is 3. The number of hydrogen-bond donors (Lipinski definition) is 0. The van der Waals surface area contributed by atoms with Crippen molar-refractivity contribution in [2.75, 3.05) is 6.61 Å². The first-order chi connectivity index (χ1) is 7.54. The Morgan fingerprint density at radius 2 is 2.12 bits per heavy atom. The van der Waals surface area contributed by atoms with Crippen LogP contribution in [0.3, 0.4) is 0 Å². The quantitative estimate of drug-likeness (QED) is 0.789. The third-order valence-electron chi connectivity index (χ3n) is 2.11. The van der Waals surface area contributed by atoms with Gasteiger partial charge >= 0.3 is 0 Å². The zero-order chi connectivity index (χ0) is 11.8. The lowest BCUT2D eigenvalue weighted by Crippen LogP contribution is -2.12. The molecule has 1 heterocycles. The molecule has 0 amide bonds. The number of hydrogen-bond acceptors (Lipinski definition) is 2. The SMILES string of the molecule is CCOn1cnc2cccc(C(Cl)(Cl)Cl)c21. The Bertz CT molecular complexity index is 504. The second-order valence-corrected chi connectivity index (χ2v) is 5.44. The molecular weight excluding hydrogens is 270 g/mol. The lowest BCUT2D eigenvalue weighted by molar-refractivity contribution is 0.130. The predicted octanol–water partition coefficient (Wildman–Crippen LogP) is 3.31. The Labute approximate surface area is 108 Å². The largest absolute Gasteiger partial charge is 0.413 e. The van der Waals surface area contributed by atoms with Gasteiger partial charge in [-0.3, -0.25) is 0 Å². The van der Waals surface area contributed by atoms with Crippen molar-refractivity contribution in [2.24, 2.45) is 0 Å². The minimum absolute atomic E-state index is 0.514. The first-order valence-corrected chi connectivity index (χ1v) is 5.84. The van der Waals surface area contributed by atoms with Crippen LogP contribution in [0.15, 0.2) is 24.5 Å². The molecule has 3 nitrogen and oxygen atoms in total. The summed E-state index contributed by atoms with van der Waals surface area (Å²) in [4.78, 5) is 9.55. The number of fused-ring (bicyclic) bond motifs is 1. The van der Waals surface area contributed by atoms with Gasteiger partial charge in [-0.1, -0.05) is 46.9 Å². The standard InChI is InChI=1S/C10H9Cl3N2O/c1-2-16-15-6-14-8-5-3-4-7(9(8)15)10(11,12)13/h3-6H,2H2,1H3. The molecule has 0 aliphatic heterocycles. The van der Waals surface area contributed by atoms with Gasteiger partial charge in [-0.05, 0) is 13.0 Å². The maximum atomic E-state index is 5.90. The van der Waals surface area contributed by atoms with Crippen LogP contribution in [0.4, 0.5) is 0 Å². The third kappa shape index (κ3) is 2.08. The van der Waals surface area contributed by atoms with Gasteiger partial charge in [0.05, 0.1) is 5.52 Å². The van der Waals surface area contributed by atoms with Crippen molar-refractivity contribution < 1.29 is 4.84 Å². The van der Waals surface area contributed by atoms with E-state index in [4.69, 9.17) is 39.6 Å². The molecule has 86 valence electrons. The van der Waals surface area contributed by atoms with Crippen molar-refractivity contribution >= 4 is 45.8 Å². The Kier molecular flexibility index (Phi) is 3.19. The Balaban J connectivity index is 2.68. The third-order valence-corrected chi connectivity index (χ3v) is 2.72. The molecule has 2 aromatic rings. The molecule has 0 spiro atoms. The molecular formula is C10H9Cl3N2O. The summed E-state index contributed by atoms with van der Waals surface area (Å²) in [7, 11) is 0. The van der Waals surface area contributed by atoms with Gasteiger partial charge in [-0.25, -0.2) is 4.98 Å². The zero-order valence-electron chi connectivity index (χ0n) is 8.45. The van der Waals surface area contributed by atoms with Crippen LogP contribution in [0.5, 0.6) is 0 Å². The van der Waals surface area contributed by atoms with Gasteiger partial charge in [0, 0.05) is 5.56 Å². The number of benzene rings is 1. The zero-order valence-corrected chi connectivity index (χ0v) is 10.7. The second-order valence-electron chi connectivity index (χ2n) is 3.16. The van der Waals surface area contributed by atoms with E-state index in [-0.39, 0.29) is 0 Å². The Morgan fingerprint density at radius 1 is 1.38 bits per heavy atom. The number of aromatic nitrogens is 2. The molecule has 0 atom stereocenters. The fourth-order valence-corrected chi connectivity index (χ4v) is 1.96. The number of halogens is 3. The number of para-hydroxylation sites is 1. The van der Waals surface area contributed by atoms with Crippen molar-refractivity contribution in [3.8, 4) is 0 Å². The van der Waals surface area contributed by atoms with Crippen LogP contribution < -0.4 is 4.84 Å². The first kappa shape index (κ1) is 11.8. The van der Waals surface area contributed by atoms with E-state index in [0.717, 1.165) is 5.52 Å². The minimum atomic E-state index is -1.49. The molecule has 0 bridgehead atoms. The van der Waals surface area contributed by atoms with Gasteiger partial charge in [0.1, 0.15) is 18.5 Å². The van der Waals surface area contributed by atoms with Gasteiger partial charge < -0.3 is 4.84 Å². The van der Waals surface area contributed by atoms with Gasteiger partial charge in [0.2, 0.25) is 3.79 Å². The summed E-state index contributed by atoms with van der Waals surface area (Å²) < 4.78 is 0.0287. The van der Waals surface area contributed by atoms with E-state index in [9.17, 15) is 0 Å². The number of nitrogens with zero attached hydrogens (tertiary/aromatic N) is 2. The summed E-state index contributed by atoms with van der Waals surface area (Å²) in [6.07, 6.45) is 1.56. The van der Waals surface area contributed by atoms with E-state index >= 15 is 0 Å². The molecule has 0 aliphatic carbocycles. The highest BCUT2D eigenvalue weighted by Crippen LogP contribution is 2.41. The predicted molar refractivity (Wildman–Crippen MR) is 66.1 cm³/mol. The highest BCUT2D eigenvalue weighted by molar-refractivity contribution is 6.67. The molecule has 0 saturated heterocycles. The van der Waals surface area contributed by atoms with Crippen LogP contribution >= 0.6 is 34.8 Å². The van der Waals surface area contributed by atoms with E-state index < -0.39 is 3.79 Å². The average molecular weight is 280 g/mol. The fraction of sp³-hybridized carbons (Fsp3) is 0.300. The van der Waals surface area contributed by atoms with Crippen LogP contribution in [-0.2, 0) is 3.79 Å². The molecule has 0 N–H and O–H groups in total. The van der Waals surface area contributed by atoms with Crippen LogP contribution in [0.1, 0.15) is 12.5 Å². The summed E-state index contributed by atoms with van der Waals surface area (Å²) in [5.74, 6) is 0. The van der Waals surface area contributed by atoms with Crippen molar-refractivity contribution in [3.05, 3.63) is 30.1 Å². The monoisotopic (exact) mass is 278 g/mol. The maximum Gasteiger partial charge on any atom is 0.218 e. The molecule has 16 heavy (non-hydrogen) atoms. The van der Waals surface area contributed by atoms with Crippen molar-refractivity contribution in [3.63, 3.8) is 0 Å². The molecule has 0 fully saturated rings.